The predicted octanol–water partition coefficient (Wildman–Crippen LogP) is 4.68. The maximum atomic E-state index is 12.1. The summed E-state index contributed by atoms with van der Waals surface area (Å²) in [6.45, 7) is 2.09. The number of hydrogen-bond acceptors (Lipinski definition) is 2. The molecule has 114 valence electrons. The lowest BCUT2D eigenvalue weighted by atomic mass is 10.1. The van der Waals surface area contributed by atoms with Crippen molar-refractivity contribution in [3.05, 3.63) is 63.6 Å². The van der Waals surface area contributed by atoms with Crippen molar-refractivity contribution in [2.24, 2.45) is 0 Å². The van der Waals surface area contributed by atoms with Gasteiger partial charge < -0.3 is 5.32 Å². The minimum Gasteiger partial charge on any atom is -0.332 e. The molecule has 0 aliphatic heterocycles. The number of halogens is 2. The number of benzene rings is 2. The molecule has 0 atom stereocenters. The highest BCUT2D eigenvalue weighted by atomic mass is 35.5. The third-order valence-corrected chi connectivity index (χ3v) is 3.77. The highest BCUT2D eigenvalue weighted by molar-refractivity contribution is 7.80. The van der Waals surface area contributed by atoms with Crippen molar-refractivity contribution in [3.63, 3.8) is 0 Å². The fourth-order valence-electron chi connectivity index (χ4n) is 1.83. The summed E-state index contributed by atoms with van der Waals surface area (Å²) < 4.78 is 0. The van der Waals surface area contributed by atoms with Crippen LogP contribution in [0.4, 0.5) is 5.69 Å². The van der Waals surface area contributed by atoms with Crippen LogP contribution in [0.2, 0.25) is 10.0 Å². The largest absolute Gasteiger partial charge is 0.332 e. The summed E-state index contributed by atoms with van der Waals surface area (Å²) in [4.78, 5) is 12.1. The van der Waals surface area contributed by atoms with Crippen LogP contribution in [0.25, 0.3) is 0 Å². The summed E-state index contributed by atoms with van der Waals surface area (Å²) >= 11 is 16.9. The Kier molecular flexibility index (Phi) is 5.77. The zero-order chi connectivity index (χ0) is 16.1. The molecular weight excluding hydrogens is 339 g/mol. The fourth-order valence-corrected chi connectivity index (χ4v) is 2.54. The zero-order valence-corrected chi connectivity index (χ0v) is 14.1. The van der Waals surface area contributed by atoms with E-state index in [0.29, 0.717) is 10.6 Å². The van der Waals surface area contributed by atoms with Crippen molar-refractivity contribution < 1.29 is 4.79 Å². The third kappa shape index (κ3) is 4.44. The molecule has 0 aliphatic carbocycles. The lowest BCUT2D eigenvalue weighted by Crippen LogP contribution is -2.34. The van der Waals surface area contributed by atoms with Gasteiger partial charge in [0.25, 0.3) is 5.91 Å². The summed E-state index contributed by atoms with van der Waals surface area (Å²) in [5, 5.41) is 6.50. The molecule has 1 amide bonds. The molecule has 0 spiro atoms. The van der Waals surface area contributed by atoms with Gasteiger partial charge in [0.1, 0.15) is 0 Å². The first-order valence-corrected chi connectivity index (χ1v) is 7.82. The highest BCUT2D eigenvalue weighted by Gasteiger charge is 2.12. The normalized spacial score (nSPS) is 10.1. The lowest BCUT2D eigenvalue weighted by molar-refractivity contribution is 0.0978. The summed E-state index contributed by atoms with van der Waals surface area (Å²) in [6, 6.07) is 12.5. The van der Waals surface area contributed by atoms with Gasteiger partial charge in [0.15, 0.2) is 5.11 Å². The van der Waals surface area contributed by atoms with E-state index in [9.17, 15) is 4.79 Å². The van der Waals surface area contributed by atoms with Gasteiger partial charge in [-0.15, -0.1) is 0 Å². The number of rotatable bonds is 3. The first-order chi connectivity index (χ1) is 10.5. The van der Waals surface area contributed by atoms with E-state index in [1.54, 1.807) is 12.1 Å². The monoisotopic (exact) mass is 352 g/mol. The molecule has 3 nitrogen and oxygen atoms in total. The van der Waals surface area contributed by atoms with Gasteiger partial charge in [-0.05, 0) is 54.5 Å². The Morgan fingerprint density at radius 1 is 1.14 bits per heavy atom. The van der Waals surface area contributed by atoms with Crippen molar-refractivity contribution in [3.8, 4) is 0 Å². The van der Waals surface area contributed by atoms with Crippen molar-refractivity contribution in [1.82, 2.24) is 5.32 Å². The van der Waals surface area contributed by atoms with Gasteiger partial charge >= 0.3 is 0 Å². The van der Waals surface area contributed by atoms with E-state index < -0.39 is 0 Å². The molecule has 2 rings (SSSR count). The second-order valence-electron chi connectivity index (χ2n) is 4.58. The van der Waals surface area contributed by atoms with Crippen molar-refractivity contribution >= 4 is 52.1 Å². The smallest absolute Gasteiger partial charge is 0.258 e. The van der Waals surface area contributed by atoms with E-state index in [2.05, 4.69) is 17.6 Å². The van der Waals surface area contributed by atoms with Crippen LogP contribution in [-0.4, -0.2) is 11.0 Å². The Labute approximate surface area is 144 Å². The Balaban J connectivity index is 2.00. The van der Waals surface area contributed by atoms with Gasteiger partial charge in [0.2, 0.25) is 0 Å². The molecule has 6 heteroatoms. The maximum Gasteiger partial charge on any atom is 0.258 e. The van der Waals surface area contributed by atoms with Crippen molar-refractivity contribution in [2.75, 3.05) is 5.32 Å². The number of carbonyl (C=O) groups excluding carboxylic acids is 1. The molecular formula is C16H14Cl2N2OS. The minimum absolute atomic E-state index is 0.209. The van der Waals surface area contributed by atoms with Crippen LogP contribution in [0.15, 0.2) is 42.5 Å². The molecule has 0 aliphatic rings. The fraction of sp³-hybridized carbons (Fsp3) is 0.125. The Morgan fingerprint density at radius 2 is 1.82 bits per heavy atom. The van der Waals surface area contributed by atoms with Crippen LogP contribution in [0, 0.1) is 0 Å². The first kappa shape index (κ1) is 16.7. The number of amides is 1. The van der Waals surface area contributed by atoms with Crippen LogP contribution < -0.4 is 10.6 Å². The average Bonchev–Trinajstić information content (AvgIpc) is 2.47. The van der Waals surface area contributed by atoms with Gasteiger partial charge in [-0.3, -0.25) is 10.1 Å². The van der Waals surface area contributed by atoms with Gasteiger partial charge in [-0.25, -0.2) is 0 Å². The third-order valence-electron chi connectivity index (χ3n) is 3.02. The van der Waals surface area contributed by atoms with Crippen LogP contribution in [0.1, 0.15) is 22.8 Å². The van der Waals surface area contributed by atoms with Crippen LogP contribution in [0.3, 0.4) is 0 Å². The molecule has 0 bridgehead atoms. The highest BCUT2D eigenvalue weighted by Crippen LogP contribution is 2.20. The first-order valence-electron chi connectivity index (χ1n) is 6.66. The molecule has 0 unspecified atom stereocenters. The number of hydrogen-bond donors (Lipinski definition) is 2. The quantitative estimate of drug-likeness (QED) is 0.787. The summed E-state index contributed by atoms with van der Waals surface area (Å²) in [6.07, 6.45) is 0.969. The molecule has 0 fully saturated rings. The van der Waals surface area contributed by atoms with E-state index in [-0.39, 0.29) is 16.0 Å². The van der Waals surface area contributed by atoms with Gasteiger partial charge in [0, 0.05) is 10.7 Å². The predicted molar refractivity (Wildman–Crippen MR) is 96.0 cm³/mol. The Bertz CT molecular complexity index is 702. The van der Waals surface area contributed by atoms with Crippen LogP contribution >= 0.6 is 35.4 Å². The number of aryl methyl sites for hydroxylation is 1. The average molecular weight is 353 g/mol. The van der Waals surface area contributed by atoms with E-state index >= 15 is 0 Å². The van der Waals surface area contributed by atoms with Gasteiger partial charge in [0.05, 0.1) is 10.6 Å². The van der Waals surface area contributed by atoms with E-state index in [1.807, 2.05) is 24.3 Å². The molecule has 0 heterocycles. The minimum atomic E-state index is -0.385. The number of carbonyl (C=O) groups is 1. The summed E-state index contributed by atoms with van der Waals surface area (Å²) in [7, 11) is 0. The van der Waals surface area contributed by atoms with Crippen molar-refractivity contribution in [2.45, 2.75) is 13.3 Å². The summed E-state index contributed by atoms with van der Waals surface area (Å²) in [5.74, 6) is -0.385. The number of thiocarbonyl (C=S) groups is 1. The van der Waals surface area contributed by atoms with E-state index in [0.717, 1.165) is 12.1 Å². The molecule has 2 N–H and O–H groups in total. The second kappa shape index (κ2) is 7.58. The molecule has 22 heavy (non-hydrogen) atoms. The van der Waals surface area contributed by atoms with E-state index in [4.69, 9.17) is 35.4 Å². The van der Waals surface area contributed by atoms with Crippen LogP contribution in [0.5, 0.6) is 0 Å². The lowest BCUT2D eigenvalue weighted by Gasteiger charge is -2.11. The number of nitrogens with one attached hydrogen (secondary N) is 2. The molecule has 0 saturated heterocycles. The molecule has 0 radical (unpaired) electrons. The van der Waals surface area contributed by atoms with Crippen LogP contribution in [-0.2, 0) is 6.42 Å². The Hall–Kier alpha value is -1.62. The van der Waals surface area contributed by atoms with Crippen molar-refractivity contribution in [1.29, 1.82) is 0 Å². The SMILES string of the molecule is CCc1ccc(NC(=S)NC(=O)c2ccc(Cl)cc2Cl)cc1. The van der Waals surface area contributed by atoms with Gasteiger partial charge in [-0.1, -0.05) is 42.3 Å². The summed E-state index contributed by atoms with van der Waals surface area (Å²) in [5.41, 5.74) is 2.36. The zero-order valence-electron chi connectivity index (χ0n) is 11.8. The second-order valence-corrected chi connectivity index (χ2v) is 5.83. The van der Waals surface area contributed by atoms with E-state index in [1.165, 1.54) is 11.6 Å². The number of anilines is 1. The molecule has 2 aromatic carbocycles. The standard InChI is InChI=1S/C16H14Cl2N2OS/c1-2-10-3-6-12(7-4-10)19-16(22)20-15(21)13-8-5-11(17)9-14(13)18/h3-9H,2H2,1H3,(H2,19,20,21,22). The van der Waals surface area contributed by atoms with Gasteiger partial charge in [-0.2, -0.15) is 0 Å². The maximum absolute atomic E-state index is 12.1. The Morgan fingerprint density at radius 3 is 2.41 bits per heavy atom. The molecule has 0 saturated carbocycles. The molecule has 2 aromatic rings. The topological polar surface area (TPSA) is 41.1 Å². The molecule has 0 aromatic heterocycles.